The van der Waals surface area contributed by atoms with Crippen molar-refractivity contribution in [1.82, 2.24) is 5.32 Å². The zero-order valence-electron chi connectivity index (χ0n) is 15.5. The first kappa shape index (κ1) is 19.8. The van der Waals surface area contributed by atoms with Crippen LogP contribution in [0, 0.1) is 11.8 Å². The van der Waals surface area contributed by atoms with E-state index in [4.69, 9.17) is 9.47 Å². The highest BCUT2D eigenvalue weighted by Crippen LogP contribution is 2.29. The highest BCUT2D eigenvalue weighted by atomic mass is 16.6. The number of hydrogen-bond donors (Lipinski definition) is 1. The lowest BCUT2D eigenvalue weighted by Gasteiger charge is -2.28. The van der Waals surface area contributed by atoms with Gasteiger partial charge in [-0.15, -0.1) is 0 Å². The van der Waals surface area contributed by atoms with Crippen molar-refractivity contribution in [2.45, 2.75) is 91.4 Å². The number of esters is 1. The maximum absolute atomic E-state index is 12.3. The molecule has 1 saturated heterocycles. The number of rotatable bonds is 3. The van der Waals surface area contributed by atoms with Gasteiger partial charge in [-0.05, 0) is 52.4 Å². The third kappa shape index (κ3) is 6.80. The largest absolute Gasteiger partial charge is 0.461 e. The lowest BCUT2D eigenvalue weighted by Crippen LogP contribution is -2.45. The van der Waals surface area contributed by atoms with Crippen LogP contribution in [0.15, 0.2) is 0 Å². The number of nitrogens with one attached hydrogen (secondary N) is 1. The molecule has 0 aromatic heterocycles. The van der Waals surface area contributed by atoms with Gasteiger partial charge in [0.15, 0.2) is 0 Å². The summed E-state index contributed by atoms with van der Waals surface area (Å²) in [4.78, 5) is 24.3. The molecule has 0 radical (unpaired) electrons. The zero-order chi connectivity index (χ0) is 17.6. The molecule has 1 amide bonds. The quantitative estimate of drug-likeness (QED) is 0.794. The number of amides is 1. The number of cyclic esters (lactones) is 1. The third-order valence-corrected chi connectivity index (χ3v) is 4.49. The van der Waals surface area contributed by atoms with Crippen LogP contribution in [0.2, 0.25) is 0 Å². The van der Waals surface area contributed by atoms with Gasteiger partial charge in [0.05, 0.1) is 0 Å². The monoisotopic (exact) mass is 327 g/mol. The molecule has 1 fully saturated rings. The summed E-state index contributed by atoms with van der Waals surface area (Å²) >= 11 is 0. The van der Waals surface area contributed by atoms with Crippen LogP contribution in [0.25, 0.3) is 0 Å². The predicted octanol–water partition coefficient (Wildman–Crippen LogP) is 4.05. The van der Waals surface area contributed by atoms with Crippen molar-refractivity contribution in [3.8, 4) is 0 Å². The van der Waals surface area contributed by atoms with Crippen LogP contribution < -0.4 is 5.32 Å². The van der Waals surface area contributed by atoms with Crippen LogP contribution in [0.5, 0.6) is 0 Å². The van der Waals surface area contributed by atoms with Crippen LogP contribution in [0.3, 0.4) is 0 Å². The molecule has 23 heavy (non-hydrogen) atoms. The normalized spacial score (nSPS) is 29.7. The fourth-order valence-corrected chi connectivity index (χ4v) is 3.08. The number of alkyl carbamates (subject to hydrolysis) is 1. The third-order valence-electron chi connectivity index (χ3n) is 4.49. The van der Waals surface area contributed by atoms with E-state index in [0.717, 1.165) is 25.7 Å². The van der Waals surface area contributed by atoms with Gasteiger partial charge in [-0.3, -0.25) is 0 Å². The van der Waals surface area contributed by atoms with E-state index in [9.17, 15) is 9.59 Å². The average molecular weight is 327 g/mol. The second-order valence-electron chi connectivity index (χ2n) is 7.68. The molecular formula is C18H33NO4. The molecule has 4 atom stereocenters. The Morgan fingerprint density at radius 2 is 1.96 bits per heavy atom. The Labute approximate surface area is 140 Å². The average Bonchev–Trinajstić information content (AvgIpc) is 2.45. The second-order valence-corrected chi connectivity index (χ2v) is 7.68. The van der Waals surface area contributed by atoms with Crippen molar-refractivity contribution >= 4 is 12.1 Å². The van der Waals surface area contributed by atoms with Crippen LogP contribution >= 0.6 is 0 Å². The van der Waals surface area contributed by atoms with Gasteiger partial charge >= 0.3 is 12.1 Å². The summed E-state index contributed by atoms with van der Waals surface area (Å²) in [6, 6.07) is -0.625. The molecule has 134 valence electrons. The van der Waals surface area contributed by atoms with Gasteiger partial charge in [0, 0.05) is 0 Å². The summed E-state index contributed by atoms with van der Waals surface area (Å²) in [5.41, 5.74) is -0.583. The smallest absolute Gasteiger partial charge is 0.408 e. The Hall–Kier alpha value is -1.26. The van der Waals surface area contributed by atoms with Crippen molar-refractivity contribution in [3.63, 3.8) is 0 Å². The second kappa shape index (κ2) is 8.55. The molecule has 5 heteroatoms. The van der Waals surface area contributed by atoms with E-state index in [2.05, 4.69) is 19.2 Å². The first-order valence-corrected chi connectivity index (χ1v) is 8.84. The zero-order valence-corrected chi connectivity index (χ0v) is 15.5. The highest BCUT2D eigenvalue weighted by molar-refractivity contribution is 5.81. The summed E-state index contributed by atoms with van der Waals surface area (Å²) in [7, 11) is 0. The van der Waals surface area contributed by atoms with Crippen LogP contribution in [0.1, 0.15) is 73.6 Å². The number of carbonyl (C=O) groups is 2. The highest BCUT2D eigenvalue weighted by Gasteiger charge is 2.32. The maximum atomic E-state index is 12.3. The molecule has 1 aliphatic heterocycles. The molecular weight excluding hydrogens is 294 g/mol. The maximum Gasteiger partial charge on any atom is 0.408 e. The van der Waals surface area contributed by atoms with Crippen LogP contribution in [0.4, 0.5) is 4.79 Å². The summed E-state index contributed by atoms with van der Waals surface area (Å²) in [6.07, 6.45) is 4.13. The van der Waals surface area contributed by atoms with Crippen molar-refractivity contribution in [2.24, 2.45) is 11.8 Å². The fourth-order valence-electron chi connectivity index (χ4n) is 3.08. The Balaban J connectivity index is 2.72. The fraction of sp³-hybridized carbons (Fsp3) is 0.889. The molecule has 1 aliphatic rings. The minimum Gasteiger partial charge on any atom is -0.461 e. The number of ether oxygens (including phenoxy) is 2. The summed E-state index contributed by atoms with van der Waals surface area (Å²) in [5.74, 6) is 0.537. The molecule has 5 nitrogen and oxygen atoms in total. The van der Waals surface area contributed by atoms with E-state index in [0.29, 0.717) is 18.3 Å². The lowest BCUT2D eigenvalue weighted by atomic mass is 9.83. The predicted molar refractivity (Wildman–Crippen MR) is 90.1 cm³/mol. The molecule has 1 heterocycles. The Morgan fingerprint density at radius 1 is 1.30 bits per heavy atom. The van der Waals surface area contributed by atoms with E-state index >= 15 is 0 Å². The minimum atomic E-state index is -0.625. The van der Waals surface area contributed by atoms with Gasteiger partial charge in [-0.25, -0.2) is 9.59 Å². The van der Waals surface area contributed by atoms with Gasteiger partial charge in [-0.1, -0.05) is 33.1 Å². The molecule has 0 aliphatic carbocycles. The van der Waals surface area contributed by atoms with Gasteiger partial charge < -0.3 is 14.8 Å². The van der Waals surface area contributed by atoms with Gasteiger partial charge in [0.25, 0.3) is 0 Å². The van der Waals surface area contributed by atoms with Crippen molar-refractivity contribution in [3.05, 3.63) is 0 Å². The standard InChI is InChI=1S/C18H33NO4/c1-7-9-14-10-8-11-15(16(20)22-13(3)12(14)2)19-17(21)23-18(4,5)6/h12-15H,7-11H2,1-6H3,(H,19,21). The van der Waals surface area contributed by atoms with E-state index in [1.807, 2.05) is 6.92 Å². The van der Waals surface area contributed by atoms with Crippen molar-refractivity contribution in [2.75, 3.05) is 0 Å². The Bertz CT molecular complexity index is 402. The first-order chi connectivity index (χ1) is 10.6. The number of carbonyl (C=O) groups excluding carboxylic acids is 2. The number of hydrogen-bond acceptors (Lipinski definition) is 4. The summed E-state index contributed by atoms with van der Waals surface area (Å²) in [6.45, 7) is 11.7. The van der Waals surface area contributed by atoms with E-state index in [1.165, 1.54) is 0 Å². The van der Waals surface area contributed by atoms with Crippen LogP contribution in [-0.2, 0) is 14.3 Å². The molecule has 0 spiro atoms. The van der Waals surface area contributed by atoms with Crippen molar-refractivity contribution in [1.29, 1.82) is 0 Å². The van der Waals surface area contributed by atoms with Gasteiger partial charge in [0.2, 0.25) is 0 Å². The molecule has 0 aromatic rings. The SMILES string of the molecule is CCCC1CCCC(NC(=O)OC(C)(C)C)C(=O)OC(C)C1C. The lowest BCUT2D eigenvalue weighted by molar-refractivity contribution is -0.153. The van der Waals surface area contributed by atoms with Gasteiger partial charge in [0.1, 0.15) is 17.7 Å². The summed E-state index contributed by atoms with van der Waals surface area (Å²) in [5, 5.41) is 2.67. The van der Waals surface area contributed by atoms with Crippen molar-refractivity contribution < 1.29 is 19.1 Å². The Morgan fingerprint density at radius 3 is 2.52 bits per heavy atom. The van der Waals surface area contributed by atoms with Crippen LogP contribution in [-0.4, -0.2) is 29.8 Å². The molecule has 0 bridgehead atoms. The Kier molecular flexibility index (Phi) is 7.36. The van der Waals surface area contributed by atoms with E-state index in [-0.39, 0.29) is 12.1 Å². The molecule has 0 saturated carbocycles. The first-order valence-electron chi connectivity index (χ1n) is 8.84. The van der Waals surface area contributed by atoms with E-state index < -0.39 is 17.7 Å². The molecule has 1 N–H and O–H groups in total. The molecule has 0 aromatic carbocycles. The van der Waals surface area contributed by atoms with Gasteiger partial charge in [-0.2, -0.15) is 0 Å². The van der Waals surface area contributed by atoms with E-state index in [1.54, 1.807) is 20.8 Å². The molecule has 4 unspecified atom stereocenters. The molecule has 1 rings (SSSR count). The minimum absolute atomic E-state index is 0.139. The summed E-state index contributed by atoms with van der Waals surface area (Å²) < 4.78 is 10.8. The topological polar surface area (TPSA) is 64.6 Å².